The molecule has 0 aliphatic carbocycles. The lowest BCUT2D eigenvalue weighted by Crippen LogP contribution is -2.28. The molecule has 1 aromatic rings. The predicted octanol–water partition coefficient (Wildman–Crippen LogP) is 1.37. The lowest BCUT2D eigenvalue weighted by molar-refractivity contribution is 0.440. The van der Waals surface area contributed by atoms with Gasteiger partial charge in [-0.3, -0.25) is 0 Å². The van der Waals surface area contributed by atoms with E-state index in [1.54, 1.807) is 12.1 Å². The number of phenols is 1. The van der Waals surface area contributed by atoms with Crippen molar-refractivity contribution in [1.82, 2.24) is 10.0 Å². The molecule has 0 bridgehead atoms. The monoisotopic (exact) mass is 286 g/mol. The van der Waals surface area contributed by atoms with Gasteiger partial charge in [0.05, 0.1) is 6.26 Å². The highest BCUT2D eigenvalue weighted by molar-refractivity contribution is 7.88. The van der Waals surface area contributed by atoms with Gasteiger partial charge in [-0.25, -0.2) is 13.1 Å². The maximum atomic E-state index is 10.9. The number of benzene rings is 1. The number of hydrogen-bond acceptors (Lipinski definition) is 4. The smallest absolute Gasteiger partial charge is 0.208 e. The maximum Gasteiger partial charge on any atom is 0.208 e. The number of nitrogens with one attached hydrogen (secondary N) is 2. The minimum atomic E-state index is -3.11. The Morgan fingerprint density at radius 3 is 2.53 bits per heavy atom. The van der Waals surface area contributed by atoms with E-state index in [-0.39, 0.29) is 11.8 Å². The van der Waals surface area contributed by atoms with Crippen molar-refractivity contribution >= 4 is 10.0 Å². The third kappa shape index (κ3) is 6.04. The van der Waals surface area contributed by atoms with Crippen LogP contribution >= 0.6 is 0 Å². The van der Waals surface area contributed by atoms with Gasteiger partial charge in [0.15, 0.2) is 0 Å². The molecule has 1 unspecified atom stereocenters. The minimum Gasteiger partial charge on any atom is -0.508 e. The number of rotatable bonds is 8. The van der Waals surface area contributed by atoms with E-state index in [2.05, 4.69) is 10.0 Å². The van der Waals surface area contributed by atoms with E-state index in [1.807, 2.05) is 19.1 Å². The summed E-state index contributed by atoms with van der Waals surface area (Å²) in [6, 6.07) is 7.34. The Hall–Kier alpha value is -1.11. The molecular formula is C13H22N2O3S. The van der Waals surface area contributed by atoms with Crippen LogP contribution < -0.4 is 10.0 Å². The molecule has 1 aromatic carbocycles. The first kappa shape index (κ1) is 15.9. The Labute approximate surface area is 115 Å². The normalized spacial score (nSPS) is 13.4. The Morgan fingerprint density at radius 2 is 1.95 bits per heavy atom. The van der Waals surface area contributed by atoms with Crippen LogP contribution in [0.3, 0.4) is 0 Å². The first-order valence-electron chi connectivity index (χ1n) is 6.40. The van der Waals surface area contributed by atoms with Gasteiger partial charge in [-0.05, 0) is 25.5 Å². The molecule has 0 radical (unpaired) electrons. The summed E-state index contributed by atoms with van der Waals surface area (Å²) in [5.74, 6) is 0.288. The lowest BCUT2D eigenvalue weighted by Gasteiger charge is -2.18. The second kappa shape index (κ2) is 7.47. The van der Waals surface area contributed by atoms with Crippen LogP contribution in [0.1, 0.15) is 31.4 Å². The highest BCUT2D eigenvalue weighted by Gasteiger charge is 2.11. The third-order valence-electron chi connectivity index (χ3n) is 2.83. The van der Waals surface area contributed by atoms with Gasteiger partial charge in [0.2, 0.25) is 10.0 Å². The standard InChI is InChI=1S/C13H22N2O3S/c1-3-12(11-7-4-5-8-13(11)16)14-9-6-10-15-19(2,17)18/h4-5,7-8,12,14-16H,3,6,9-10H2,1-2H3. The van der Waals surface area contributed by atoms with Crippen molar-refractivity contribution in [2.75, 3.05) is 19.3 Å². The highest BCUT2D eigenvalue weighted by Crippen LogP contribution is 2.25. The molecule has 19 heavy (non-hydrogen) atoms. The van der Waals surface area contributed by atoms with Crippen LogP contribution in [0.2, 0.25) is 0 Å². The summed E-state index contributed by atoms with van der Waals surface area (Å²) in [6.07, 6.45) is 2.71. The Morgan fingerprint density at radius 1 is 1.26 bits per heavy atom. The fourth-order valence-electron chi connectivity index (χ4n) is 1.88. The average Bonchev–Trinajstić information content (AvgIpc) is 2.34. The molecule has 0 aliphatic rings. The highest BCUT2D eigenvalue weighted by atomic mass is 32.2. The Kier molecular flexibility index (Phi) is 6.27. The van der Waals surface area contributed by atoms with Crippen molar-refractivity contribution in [3.63, 3.8) is 0 Å². The molecule has 6 heteroatoms. The second-order valence-corrected chi connectivity index (χ2v) is 6.33. The summed E-state index contributed by atoms with van der Waals surface area (Å²) in [5, 5.41) is 13.1. The SMILES string of the molecule is CCC(NCCCNS(C)(=O)=O)c1ccccc1O. The number of aromatic hydroxyl groups is 1. The second-order valence-electron chi connectivity index (χ2n) is 4.49. The zero-order valence-electron chi connectivity index (χ0n) is 11.4. The van der Waals surface area contributed by atoms with Gasteiger partial charge in [-0.2, -0.15) is 0 Å². The lowest BCUT2D eigenvalue weighted by atomic mass is 10.0. The quantitative estimate of drug-likeness (QED) is 0.631. The van der Waals surface area contributed by atoms with E-state index in [1.165, 1.54) is 0 Å². The topological polar surface area (TPSA) is 78.4 Å². The van der Waals surface area contributed by atoms with Crippen molar-refractivity contribution in [2.45, 2.75) is 25.8 Å². The molecule has 0 amide bonds. The molecule has 108 valence electrons. The summed E-state index contributed by atoms with van der Waals surface area (Å²) in [6.45, 7) is 3.15. The van der Waals surface area contributed by atoms with Gasteiger partial charge in [-0.1, -0.05) is 25.1 Å². The zero-order valence-corrected chi connectivity index (χ0v) is 12.2. The van der Waals surface area contributed by atoms with Crippen LogP contribution in [-0.2, 0) is 10.0 Å². The molecule has 1 atom stereocenters. The van der Waals surface area contributed by atoms with Crippen molar-refractivity contribution in [1.29, 1.82) is 0 Å². The number of sulfonamides is 1. The molecule has 0 saturated heterocycles. The summed E-state index contributed by atoms with van der Waals surface area (Å²) in [4.78, 5) is 0. The van der Waals surface area contributed by atoms with Gasteiger partial charge in [-0.15, -0.1) is 0 Å². The minimum absolute atomic E-state index is 0.0828. The predicted molar refractivity (Wildman–Crippen MR) is 76.6 cm³/mol. The van der Waals surface area contributed by atoms with Gasteiger partial charge >= 0.3 is 0 Å². The molecule has 0 fully saturated rings. The summed E-state index contributed by atoms with van der Waals surface area (Å²) < 4.78 is 24.2. The van der Waals surface area contributed by atoms with E-state index in [9.17, 15) is 13.5 Å². The third-order valence-corrected chi connectivity index (χ3v) is 3.56. The fourth-order valence-corrected chi connectivity index (χ4v) is 2.39. The molecule has 0 aliphatic heterocycles. The van der Waals surface area contributed by atoms with Crippen LogP contribution in [-0.4, -0.2) is 32.9 Å². The average molecular weight is 286 g/mol. The molecule has 0 saturated carbocycles. The molecule has 5 nitrogen and oxygen atoms in total. The van der Waals surface area contributed by atoms with Crippen LogP contribution in [0.15, 0.2) is 24.3 Å². The van der Waals surface area contributed by atoms with Crippen LogP contribution in [0.25, 0.3) is 0 Å². The summed E-state index contributed by atoms with van der Waals surface area (Å²) in [5.41, 5.74) is 0.876. The number of phenolic OH excluding ortho intramolecular Hbond substituents is 1. The van der Waals surface area contributed by atoms with Crippen LogP contribution in [0.5, 0.6) is 5.75 Å². The molecule has 1 rings (SSSR count). The van der Waals surface area contributed by atoms with Crippen molar-refractivity contribution in [3.05, 3.63) is 29.8 Å². The summed E-state index contributed by atoms with van der Waals surface area (Å²) >= 11 is 0. The molecular weight excluding hydrogens is 264 g/mol. The molecule has 0 heterocycles. The van der Waals surface area contributed by atoms with Crippen LogP contribution in [0.4, 0.5) is 0 Å². The van der Waals surface area contributed by atoms with Crippen molar-refractivity contribution in [2.24, 2.45) is 0 Å². The molecule has 3 N–H and O–H groups in total. The molecule has 0 spiro atoms. The number of para-hydroxylation sites is 1. The van der Waals surface area contributed by atoms with Gasteiger partial charge in [0, 0.05) is 18.2 Å². The van der Waals surface area contributed by atoms with Gasteiger partial charge < -0.3 is 10.4 Å². The fraction of sp³-hybridized carbons (Fsp3) is 0.538. The first-order valence-corrected chi connectivity index (χ1v) is 8.29. The largest absolute Gasteiger partial charge is 0.508 e. The van der Waals surface area contributed by atoms with Gasteiger partial charge in [0.25, 0.3) is 0 Å². The van der Waals surface area contributed by atoms with E-state index >= 15 is 0 Å². The van der Waals surface area contributed by atoms with E-state index in [4.69, 9.17) is 0 Å². The summed E-state index contributed by atoms with van der Waals surface area (Å²) in [7, 11) is -3.11. The van der Waals surface area contributed by atoms with E-state index in [0.29, 0.717) is 19.5 Å². The zero-order chi connectivity index (χ0) is 14.3. The van der Waals surface area contributed by atoms with Crippen molar-refractivity contribution < 1.29 is 13.5 Å². The maximum absolute atomic E-state index is 10.9. The number of hydrogen-bond donors (Lipinski definition) is 3. The van der Waals surface area contributed by atoms with E-state index < -0.39 is 10.0 Å². The first-order chi connectivity index (χ1) is 8.94. The van der Waals surface area contributed by atoms with Crippen LogP contribution in [0, 0.1) is 0 Å². The Bertz CT molecular complexity index is 488. The van der Waals surface area contributed by atoms with E-state index in [0.717, 1.165) is 18.2 Å². The molecule has 0 aromatic heterocycles. The van der Waals surface area contributed by atoms with Gasteiger partial charge in [0.1, 0.15) is 5.75 Å². The van der Waals surface area contributed by atoms with Crippen molar-refractivity contribution in [3.8, 4) is 5.75 Å². The Balaban J connectivity index is 2.40.